The third kappa shape index (κ3) is 6.47. The molecule has 0 spiro atoms. The van der Waals surface area contributed by atoms with E-state index in [0.717, 1.165) is 23.8 Å². The number of aliphatic imine (C=N–C) groups is 1. The Balaban J connectivity index is 1.79. The molecule has 2 aromatic carbocycles. The van der Waals surface area contributed by atoms with Crippen molar-refractivity contribution in [3.63, 3.8) is 0 Å². The van der Waals surface area contributed by atoms with Gasteiger partial charge in [-0.1, -0.05) is 36.4 Å². The van der Waals surface area contributed by atoms with Crippen molar-refractivity contribution in [3.05, 3.63) is 65.2 Å². The first kappa shape index (κ1) is 18.8. The third-order valence-electron chi connectivity index (χ3n) is 3.87. The molecule has 0 saturated carbocycles. The Morgan fingerprint density at radius 3 is 2.36 bits per heavy atom. The molecule has 5 heteroatoms. The molecule has 0 bridgehead atoms. The summed E-state index contributed by atoms with van der Waals surface area (Å²) in [7, 11) is 3.44. The first-order valence-corrected chi connectivity index (χ1v) is 8.42. The van der Waals surface area contributed by atoms with Crippen LogP contribution in [-0.2, 0) is 17.8 Å². The molecule has 5 nitrogen and oxygen atoms in total. The van der Waals surface area contributed by atoms with E-state index in [-0.39, 0.29) is 0 Å². The number of benzene rings is 2. The molecule has 0 unspecified atom stereocenters. The Labute approximate surface area is 150 Å². The highest BCUT2D eigenvalue weighted by Crippen LogP contribution is 2.12. The average Bonchev–Trinajstić information content (AvgIpc) is 2.64. The predicted octanol–water partition coefficient (Wildman–Crippen LogP) is 2.89. The molecule has 2 aromatic rings. The zero-order valence-electron chi connectivity index (χ0n) is 15.2. The van der Waals surface area contributed by atoms with E-state index in [1.54, 1.807) is 14.2 Å². The van der Waals surface area contributed by atoms with Crippen molar-refractivity contribution in [1.82, 2.24) is 10.6 Å². The lowest BCUT2D eigenvalue weighted by atomic mass is 10.1. The average molecular weight is 341 g/mol. The number of methoxy groups -OCH3 is 1. The van der Waals surface area contributed by atoms with Crippen LogP contribution in [0.3, 0.4) is 0 Å². The molecule has 0 aliphatic carbocycles. The van der Waals surface area contributed by atoms with Gasteiger partial charge in [0.15, 0.2) is 5.96 Å². The SMILES string of the molecule is CN=C(NCc1ccc(OCCOC)cc1)NCc1ccccc1C. The molecule has 0 heterocycles. The van der Waals surface area contributed by atoms with Crippen LogP contribution in [0.4, 0.5) is 0 Å². The molecule has 0 fully saturated rings. The summed E-state index contributed by atoms with van der Waals surface area (Å²) >= 11 is 0. The number of guanidine groups is 1. The molecule has 134 valence electrons. The predicted molar refractivity (Wildman–Crippen MR) is 102 cm³/mol. The van der Waals surface area contributed by atoms with E-state index < -0.39 is 0 Å². The number of nitrogens with zero attached hydrogens (tertiary/aromatic N) is 1. The highest BCUT2D eigenvalue weighted by Gasteiger charge is 2.01. The van der Waals surface area contributed by atoms with E-state index >= 15 is 0 Å². The van der Waals surface area contributed by atoms with Gasteiger partial charge in [0, 0.05) is 27.2 Å². The van der Waals surface area contributed by atoms with E-state index in [0.29, 0.717) is 19.8 Å². The van der Waals surface area contributed by atoms with E-state index in [9.17, 15) is 0 Å². The van der Waals surface area contributed by atoms with Crippen molar-refractivity contribution >= 4 is 5.96 Å². The van der Waals surface area contributed by atoms with Crippen LogP contribution in [0.2, 0.25) is 0 Å². The van der Waals surface area contributed by atoms with E-state index in [1.807, 2.05) is 24.3 Å². The van der Waals surface area contributed by atoms with E-state index in [1.165, 1.54) is 11.1 Å². The number of rotatable bonds is 8. The number of hydrogen-bond acceptors (Lipinski definition) is 3. The van der Waals surface area contributed by atoms with Gasteiger partial charge in [-0.25, -0.2) is 0 Å². The number of ether oxygens (including phenoxy) is 2. The fourth-order valence-corrected chi connectivity index (χ4v) is 2.34. The molecular weight excluding hydrogens is 314 g/mol. The number of nitrogens with one attached hydrogen (secondary N) is 2. The van der Waals surface area contributed by atoms with Gasteiger partial charge in [-0.15, -0.1) is 0 Å². The van der Waals surface area contributed by atoms with Gasteiger partial charge in [-0.3, -0.25) is 4.99 Å². The molecule has 2 N–H and O–H groups in total. The van der Waals surface area contributed by atoms with Gasteiger partial charge in [-0.05, 0) is 35.7 Å². The summed E-state index contributed by atoms with van der Waals surface area (Å²) in [5.41, 5.74) is 3.70. The molecular formula is C20H27N3O2. The highest BCUT2D eigenvalue weighted by atomic mass is 16.5. The van der Waals surface area contributed by atoms with Crippen LogP contribution in [0.25, 0.3) is 0 Å². The molecule has 25 heavy (non-hydrogen) atoms. The maximum atomic E-state index is 5.57. The van der Waals surface area contributed by atoms with Crippen LogP contribution in [0, 0.1) is 6.92 Å². The molecule has 0 aromatic heterocycles. The molecule has 2 rings (SSSR count). The first-order valence-electron chi connectivity index (χ1n) is 8.42. The van der Waals surface area contributed by atoms with E-state index in [4.69, 9.17) is 9.47 Å². The monoisotopic (exact) mass is 341 g/mol. The summed E-state index contributed by atoms with van der Waals surface area (Å²) in [6.07, 6.45) is 0. The van der Waals surface area contributed by atoms with Gasteiger partial charge >= 0.3 is 0 Å². The Morgan fingerprint density at radius 2 is 1.68 bits per heavy atom. The van der Waals surface area contributed by atoms with Crippen molar-refractivity contribution in [2.45, 2.75) is 20.0 Å². The maximum Gasteiger partial charge on any atom is 0.191 e. The van der Waals surface area contributed by atoms with Crippen LogP contribution in [0.5, 0.6) is 5.75 Å². The normalized spacial score (nSPS) is 11.2. The highest BCUT2D eigenvalue weighted by molar-refractivity contribution is 5.79. The van der Waals surface area contributed by atoms with Gasteiger partial charge in [-0.2, -0.15) is 0 Å². The molecule has 0 aliphatic heterocycles. The van der Waals surface area contributed by atoms with Gasteiger partial charge in [0.05, 0.1) is 6.61 Å². The summed E-state index contributed by atoms with van der Waals surface area (Å²) in [6.45, 7) is 4.71. The zero-order chi connectivity index (χ0) is 17.9. The fourth-order valence-electron chi connectivity index (χ4n) is 2.34. The summed E-state index contributed by atoms with van der Waals surface area (Å²) in [5.74, 6) is 1.63. The zero-order valence-corrected chi connectivity index (χ0v) is 15.2. The molecule has 0 amide bonds. The summed E-state index contributed by atoms with van der Waals surface area (Å²) in [5, 5.41) is 6.67. The molecule has 0 aliphatic rings. The quantitative estimate of drug-likeness (QED) is 0.440. The van der Waals surface area contributed by atoms with Crippen LogP contribution < -0.4 is 15.4 Å². The second-order valence-electron chi connectivity index (χ2n) is 5.69. The van der Waals surface area contributed by atoms with Gasteiger partial charge in [0.25, 0.3) is 0 Å². The van der Waals surface area contributed by atoms with Crippen LogP contribution in [0.15, 0.2) is 53.5 Å². The summed E-state index contributed by atoms with van der Waals surface area (Å²) in [4.78, 5) is 4.27. The Kier molecular flexibility index (Phi) is 7.79. The minimum atomic E-state index is 0.559. The number of aryl methyl sites for hydroxylation is 1. The molecule has 0 saturated heterocycles. The largest absolute Gasteiger partial charge is 0.491 e. The Bertz CT molecular complexity index is 669. The van der Waals surface area contributed by atoms with Gasteiger partial charge in [0.2, 0.25) is 0 Å². The topological polar surface area (TPSA) is 54.9 Å². The third-order valence-corrected chi connectivity index (χ3v) is 3.87. The second kappa shape index (κ2) is 10.4. The van der Waals surface area contributed by atoms with Crippen molar-refractivity contribution in [2.24, 2.45) is 4.99 Å². The summed E-state index contributed by atoms with van der Waals surface area (Å²) in [6, 6.07) is 16.4. The lowest BCUT2D eigenvalue weighted by Gasteiger charge is -2.13. The minimum Gasteiger partial charge on any atom is -0.491 e. The maximum absolute atomic E-state index is 5.57. The molecule has 0 atom stereocenters. The second-order valence-corrected chi connectivity index (χ2v) is 5.69. The standard InChI is InChI=1S/C20H27N3O2/c1-16-6-4-5-7-18(16)15-23-20(21-2)22-14-17-8-10-19(11-9-17)25-13-12-24-3/h4-11H,12-15H2,1-3H3,(H2,21,22,23). The smallest absolute Gasteiger partial charge is 0.191 e. The lowest BCUT2D eigenvalue weighted by molar-refractivity contribution is 0.146. The van der Waals surface area contributed by atoms with Crippen molar-refractivity contribution in [3.8, 4) is 5.75 Å². The first-order chi connectivity index (χ1) is 12.2. The van der Waals surface area contributed by atoms with Crippen molar-refractivity contribution in [2.75, 3.05) is 27.4 Å². The van der Waals surface area contributed by atoms with Gasteiger partial charge < -0.3 is 20.1 Å². The number of hydrogen-bond donors (Lipinski definition) is 2. The Hall–Kier alpha value is -2.53. The van der Waals surface area contributed by atoms with Crippen molar-refractivity contribution in [1.29, 1.82) is 0 Å². The van der Waals surface area contributed by atoms with Crippen LogP contribution in [-0.4, -0.2) is 33.3 Å². The van der Waals surface area contributed by atoms with Crippen LogP contribution in [0.1, 0.15) is 16.7 Å². The van der Waals surface area contributed by atoms with Crippen LogP contribution >= 0.6 is 0 Å². The Morgan fingerprint density at radius 1 is 0.960 bits per heavy atom. The lowest BCUT2D eigenvalue weighted by Crippen LogP contribution is -2.36. The van der Waals surface area contributed by atoms with Gasteiger partial charge in [0.1, 0.15) is 12.4 Å². The molecule has 0 radical (unpaired) electrons. The summed E-state index contributed by atoms with van der Waals surface area (Å²) < 4.78 is 10.5. The fraction of sp³-hybridized carbons (Fsp3) is 0.350. The minimum absolute atomic E-state index is 0.559. The van der Waals surface area contributed by atoms with Crippen molar-refractivity contribution < 1.29 is 9.47 Å². The van der Waals surface area contributed by atoms with E-state index in [2.05, 4.69) is 46.8 Å².